The van der Waals surface area contributed by atoms with Gasteiger partial charge in [0.25, 0.3) is 12.0 Å². The number of benzene rings is 1. The van der Waals surface area contributed by atoms with Crippen LogP contribution < -0.4 is 10.5 Å². The van der Waals surface area contributed by atoms with E-state index in [2.05, 4.69) is 15.0 Å². The molecular weight excluding hydrogens is 411 g/mol. The van der Waals surface area contributed by atoms with Gasteiger partial charge in [0.1, 0.15) is 22.6 Å². The van der Waals surface area contributed by atoms with Gasteiger partial charge >= 0.3 is 0 Å². The fourth-order valence-electron chi connectivity index (χ4n) is 3.74. The Bertz CT molecular complexity index is 1190. The van der Waals surface area contributed by atoms with Crippen LogP contribution in [0.5, 0.6) is 0 Å². The number of alkyl halides is 2. The van der Waals surface area contributed by atoms with Crippen LogP contribution in [-0.2, 0) is 6.54 Å². The molecule has 1 saturated heterocycles. The molecule has 3 heterocycles. The molecular formula is C21H20F3N5O2. The third-order valence-corrected chi connectivity index (χ3v) is 5.41. The molecule has 1 aromatic carbocycles. The zero-order chi connectivity index (χ0) is 22.1. The molecule has 7 nitrogen and oxygen atoms in total. The van der Waals surface area contributed by atoms with Crippen LogP contribution in [0.4, 0.5) is 18.9 Å². The summed E-state index contributed by atoms with van der Waals surface area (Å²) in [5, 5.41) is 0. The third-order valence-electron chi connectivity index (χ3n) is 5.41. The molecule has 0 radical (unpaired) electrons. The van der Waals surface area contributed by atoms with Crippen molar-refractivity contribution in [2.24, 2.45) is 0 Å². The number of pyridine rings is 1. The summed E-state index contributed by atoms with van der Waals surface area (Å²) in [7, 11) is 0. The summed E-state index contributed by atoms with van der Waals surface area (Å²) in [6.07, 6.45) is -2.35. The number of carbonyl (C=O) groups excluding carboxylic acids is 1. The van der Waals surface area contributed by atoms with Crippen LogP contribution in [0.3, 0.4) is 0 Å². The molecule has 1 aliphatic heterocycles. The highest BCUT2D eigenvalue weighted by atomic mass is 19.3. The summed E-state index contributed by atoms with van der Waals surface area (Å²) < 4.78 is 41.7. The van der Waals surface area contributed by atoms with Gasteiger partial charge in [-0.1, -0.05) is 6.07 Å². The molecule has 31 heavy (non-hydrogen) atoms. The second-order valence-corrected chi connectivity index (χ2v) is 7.41. The summed E-state index contributed by atoms with van der Waals surface area (Å²) in [4.78, 5) is 36.8. The average molecular weight is 431 g/mol. The van der Waals surface area contributed by atoms with Crippen molar-refractivity contribution in [1.29, 1.82) is 0 Å². The van der Waals surface area contributed by atoms with Gasteiger partial charge in [0.05, 0.1) is 11.2 Å². The number of piperazine rings is 1. The van der Waals surface area contributed by atoms with E-state index in [-0.39, 0.29) is 16.9 Å². The fraction of sp³-hybridized carbons (Fsp3) is 0.333. The quantitative estimate of drug-likeness (QED) is 0.626. The molecule has 2 aromatic heterocycles. The maximum Gasteiger partial charge on any atom is 0.282 e. The largest absolute Gasteiger partial charge is 0.367 e. The molecule has 10 heteroatoms. The van der Waals surface area contributed by atoms with E-state index < -0.39 is 23.5 Å². The number of aryl methyl sites for hydroxylation is 1. The third kappa shape index (κ3) is 4.15. The molecule has 0 atom stereocenters. The van der Waals surface area contributed by atoms with Crippen LogP contribution in [0.15, 0.2) is 29.1 Å². The predicted octanol–water partition coefficient (Wildman–Crippen LogP) is 2.84. The van der Waals surface area contributed by atoms with Crippen molar-refractivity contribution in [3.05, 3.63) is 63.1 Å². The summed E-state index contributed by atoms with van der Waals surface area (Å²) >= 11 is 0. The molecule has 0 amide bonds. The van der Waals surface area contributed by atoms with E-state index >= 15 is 0 Å². The number of aromatic amines is 1. The number of anilines is 1. The van der Waals surface area contributed by atoms with Gasteiger partial charge in [-0.3, -0.25) is 14.5 Å². The van der Waals surface area contributed by atoms with Gasteiger partial charge in [0.15, 0.2) is 12.1 Å². The fourth-order valence-corrected chi connectivity index (χ4v) is 3.74. The van der Waals surface area contributed by atoms with Crippen LogP contribution in [0, 0.1) is 12.7 Å². The summed E-state index contributed by atoms with van der Waals surface area (Å²) in [5.41, 5.74) is 0.584. The van der Waals surface area contributed by atoms with Crippen molar-refractivity contribution in [1.82, 2.24) is 19.9 Å². The maximum absolute atomic E-state index is 14.9. The molecule has 1 fully saturated rings. The van der Waals surface area contributed by atoms with E-state index in [4.69, 9.17) is 0 Å². The average Bonchev–Trinajstić information content (AvgIpc) is 2.77. The van der Waals surface area contributed by atoms with Crippen molar-refractivity contribution in [2.75, 3.05) is 31.1 Å². The standard InChI is InChI=1S/C21H20F3N5O2/c1-12-21(31)27-18-15(25-12)4-2-13(17(18)22)10-28-6-8-29(9-7-28)16-5-3-14(11-30)26-19(16)20(23)24/h2-5,11,20H,6-10H2,1H3,(H,27,31). The van der Waals surface area contributed by atoms with E-state index in [9.17, 15) is 22.8 Å². The van der Waals surface area contributed by atoms with Crippen molar-refractivity contribution in [3.63, 3.8) is 0 Å². The number of nitrogens with zero attached hydrogens (tertiary/aromatic N) is 4. The Balaban J connectivity index is 1.49. The molecule has 0 unspecified atom stereocenters. The Morgan fingerprint density at radius 2 is 1.87 bits per heavy atom. The lowest BCUT2D eigenvalue weighted by Gasteiger charge is -2.36. The topological polar surface area (TPSA) is 82.2 Å². The van der Waals surface area contributed by atoms with Crippen LogP contribution in [-0.4, -0.2) is 52.3 Å². The van der Waals surface area contributed by atoms with Gasteiger partial charge in [-0.2, -0.15) is 0 Å². The zero-order valence-corrected chi connectivity index (χ0v) is 16.7. The number of hydrogen-bond donors (Lipinski definition) is 1. The number of nitrogens with one attached hydrogen (secondary N) is 1. The van der Waals surface area contributed by atoms with E-state index in [1.807, 2.05) is 4.90 Å². The molecule has 4 rings (SSSR count). The van der Waals surface area contributed by atoms with E-state index in [0.29, 0.717) is 55.8 Å². The molecule has 0 saturated carbocycles. The number of H-pyrrole nitrogens is 1. The first-order valence-corrected chi connectivity index (χ1v) is 9.77. The van der Waals surface area contributed by atoms with Crippen LogP contribution in [0.1, 0.15) is 33.9 Å². The maximum atomic E-state index is 14.9. The first-order valence-electron chi connectivity index (χ1n) is 9.77. The van der Waals surface area contributed by atoms with Crippen LogP contribution in [0.2, 0.25) is 0 Å². The lowest BCUT2D eigenvalue weighted by Crippen LogP contribution is -2.46. The molecule has 0 spiro atoms. The monoisotopic (exact) mass is 431 g/mol. The number of carbonyl (C=O) groups is 1. The number of fused-ring (bicyclic) bond motifs is 1. The summed E-state index contributed by atoms with van der Waals surface area (Å²) in [5.74, 6) is -0.516. The number of aldehydes is 1. The van der Waals surface area contributed by atoms with Crippen molar-refractivity contribution >= 4 is 23.0 Å². The van der Waals surface area contributed by atoms with Gasteiger partial charge in [0.2, 0.25) is 0 Å². The Morgan fingerprint density at radius 3 is 2.55 bits per heavy atom. The highest BCUT2D eigenvalue weighted by Gasteiger charge is 2.24. The van der Waals surface area contributed by atoms with Crippen molar-refractivity contribution in [3.8, 4) is 0 Å². The predicted molar refractivity (Wildman–Crippen MR) is 109 cm³/mol. The van der Waals surface area contributed by atoms with Crippen LogP contribution >= 0.6 is 0 Å². The Kier molecular flexibility index (Phi) is 5.73. The van der Waals surface area contributed by atoms with E-state index in [0.717, 1.165) is 0 Å². The van der Waals surface area contributed by atoms with Crippen molar-refractivity contribution in [2.45, 2.75) is 19.9 Å². The highest BCUT2D eigenvalue weighted by Crippen LogP contribution is 2.29. The second-order valence-electron chi connectivity index (χ2n) is 7.41. The lowest BCUT2D eigenvalue weighted by molar-refractivity contribution is 0.111. The van der Waals surface area contributed by atoms with Gasteiger partial charge in [-0.05, 0) is 25.1 Å². The smallest absolute Gasteiger partial charge is 0.282 e. The molecule has 162 valence electrons. The second kappa shape index (κ2) is 8.46. The minimum absolute atomic E-state index is 0.0350. The molecule has 0 bridgehead atoms. The lowest BCUT2D eigenvalue weighted by atomic mass is 10.1. The number of aromatic nitrogens is 3. The molecule has 0 aliphatic carbocycles. The first-order chi connectivity index (χ1) is 14.9. The Hall–Kier alpha value is -3.27. The molecule has 1 N–H and O–H groups in total. The van der Waals surface area contributed by atoms with Crippen LogP contribution in [0.25, 0.3) is 11.0 Å². The number of halogens is 3. The molecule has 1 aliphatic rings. The SMILES string of the molecule is Cc1nc2ccc(CN3CCN(c4ccc(C=O)nc4C(F)F)CC3)c(F)c2[nH]c1=O. The number of rotatable bonds is 5. The Labute approximate surface area is 175 Å². The highest BCUT2D eigenvalue weighted by molar-refractivity contribution is 5.75. The van der Waals surface area contributed by atoms with Gasteiger partial charge in [-0.15, -0.1) is 0 Å². The minimum Gasteiger partial charge on any atom is -0.367 e. The molecule has 3 aromatic rings. The summed E-state index contributed by atoms with van der Waals surface area (Å²) in [6.45, 7) is 3.83. The van der Waals surface area contributed by atoms with E-state index in [1.165, 1.54) is 12.1 Å². The van der Waals surface area contributed by atoms with Gasteiger partial charge in [0, 0.05) is 38.3 Å². The summed E-state index contributed by atoms with van der Waals surface area (Å²) in [6, 6.07) is 6.22. The Morgan fingerprint density at radius 1 is 1.13 bits per heavy atom. The zero-order valence-electron chi connectivity index (χ0n) is 16.7. The van der Waals surface area contributed by atoms with Gasteiger partial charge < -0.3 is 9.88 Å². The van der Waals surface area contributed by atoms with Gasteiger partial charge in [-0.25, -0.2) is 23.1 Å². The normalized spacial score (nSPS) is 15.1. The van der Waals surface area contributed by atoms with Crippen molar-refractivity contribution < 1.29 is 18.0 Å². The minimum atomic E-state index is -2.79. The van der Waals surface area contributed by atoms with E-state index in [1.54, 1.807) is 24.0 Å². The number of hydrogen-bond acceptors (Lipinski definition) is 6. The first kappa shape index (κ1) is 21.0.